The van der Waals surface area contributed by atoms with E-state index in [0.29, 0.717) is 13.0 Å². The molecule has 1 fully saturated rings. The maximum Gasteiger partial charge on any atom is 0.410 e. The zero-order valence-corrected chi connectivity index (χ0v) is 11.1. The summed E-state index contributed by atoms with van der Waals surface area (Å²) in [5, 5.41) is 0. The van der Waals surface area contributed by atoms with Crippen LogP contribution in [0.1, 0.15) is 40.0 Å². The van der Waals surface area contributed by atoms with Crippen LogP contribution >= 0.6 is 0 Å². The number of amides is 1. The lowest BCUT2D eigenvalue weighted by Gasteiger charge is -2.36. The molecule has 1 atom stereocenters. The number of alkyl halides is 2. The zero-order valence-electron chi connectivity index (χ0n) is 11.1. The minimum Gasteiger partial charge on any atom is -0.444 e. The molecule has 4 nitrogen and oxygen atoms in total. The number of rotatable bonds is 3. The summed E-state index contributed by atoms with van der Waals surface area (Å²) in [7, 11) is 0. The van der Waals surface area contributed by atoms with Gasteiger partial charge in [-0.05, 0) is 40.0 Å². The van der Waals surface area contributed by atoms with Gasteiger partial charge in [0.25, 0.3) is 0 Å². The number of likely N-dealkylation sites (tertiary alicyclic amines) is 1. The van der Waals surface area contributed by atoms with E-state index in [1.54, 1.807) is 20.8 Å². The highest BCUT2D eigenvalue weighted by Gasteiger charge is 2.31. The van der Waals surface area contributed by atoms with Crippen LogP contribution in [0.4, 0.5) is 13.6 Å². The molecule has 1 aliphatic heterocycles. The van der Waals surface area contributed by atoms with Crippen LogP contribution in [0, 0.1) is 0 Å². The molecule has 1 amide bonds. The Morgan fingerprint density at radius 1 is 1.39 bits per heavy atom. The fourth-order valence-electron chi connectivity index (χ4n) is 1.92. The standard InChI is InChI=1S/C12H21F2NO3/c1-12(2,3)18-11(16)15-7-5-4-6-9(15)8-17-10(13)14/h9-10H,4-8H2,1-3H3. The van der Waals surface area contributed by atoms with Crippen molar-refractivity contribution in [3.63, 3.8) is 0 Å². The molecule has 0 saturated carbocycles. The molecule has 0 aromatic carbocycles. The van der Waals surface area contributed by atoms with Crippen LogP contribution in [0.3, 0.4) is 0 Å². The van der Waals surface area contributed by atoms with Gasteiger partial charge in [0.1, 0.15) is 5.60 Å². The summed E-state index contributed by atoms with van der Waals surface area (Å²) in [6.07, 6.45) is 2.00. The number of hydrogen-bond donors (Lipinski definition) is 0. The summed E-state index contributed by atoms with van der Waals surface area (Å²) in [5.74, 6) is 0. The Kier molecular flexibility index (Phi) is 5.31. The molecule has 1 rings (SSSR count). The number of carbonyl (C=O) groups excluding carboxylic acids is 1. The van der Waals surface area contributed by atoms with Gasteiger partial charge in [-0.15, -0.1) is 0 Å². The topological polar surface area (TPSA) is 38.8 Å². The second-order valence-electron chi connectivity index (χ2n) is 5.42. The molecule has 0 bridgehead atoms. The second-order valence-corrected chi connectivity index (χ2v) is 5.42. The van der Waals surface area contributed by atoms with Crippen LogP contribution in [0.5, 0.6) is 0 Å². The second kappa shape index (κ2) is 6.31. The number of halogens is 2. The summed E-state index contributed by atoms with van der Waals surface area (Å²) >= 11 is 0. The predicted molar refractivity (Wildman–Crippen MR) is 62.5 cm³/mol. The first kappa shape index (κ1) is 15.1. The Hall–Kier alpha value is -0.910. The summed E-state index contributed by atoms with van der Waals surface area (Å²) in [6.45, 7) is 2.93. The quantitative estimate of drug-likeness (QED) is 0.787. The molecule has 1 heterocycles. The number of piperidine rings is 1. The van der Waals surface area contributed by atoms with Gasteiger partial charge in [-0.2, -0.15) is 8.78 Å². The van der Waals surface area contributed by atoms with Crippen molar-refractivity contribution >= 4 is 6.09 Å². The molecule has 0 aromatic heterocycles. The van der Waals surface area contributed by atoms with E-state index >= 15 is 0 Å². The molecule has 0 aliphatic carbocycles. The third-order valence-electron chi connectivity index (χ3n) is 2.67. The average Bonchev–Trinajstić information content (AvgIpc) is 2.24. The molecule has 106 valence electrons. The van der Waals surface area contributed by atoms with Gasteiger partial charge in [-0.3, -0.25) is 0 Å². The number of nitrogens with zero attached hydrogens (tertiary/aromatic N) is 1. The van der Waals surface area contributed by atoms with E-state index in [9.17, 15) is 13.6 Å². The Morgan fingerprint density at radius 3 is 2.61 bits per heavy atom. The first-order valence-corrected chi connectivity index (χ1v) is 6.19. The summed E-state index contributed by atoms with van der Waals surface area (Å²) in [6, 6.07) is -0.317. The van der Waals surface area contributed by atoms with Crippen LogP contribution in [-0.2, 0) is 9.47 Å². The van der Waals surface area contributed by atoms with Gasteiger partial charge in [0.05, 0.1) is 12.6 Å². The lowest BCUT2D eigenvalue weighted by atomic mass is 10.0. The van der Waals surface area contributed by atoms with Crippen molar-refractivity contribution in [2.24, 2.45) is 0 Å². The highest BCUT2D eigenvalue weighted by Crippen LogP contribution is 2.21. The highest BCUT2D eigenvalue weighted by molar-refractivity contribution is 5.68. The van der Waals surface area contributed by atoms with E-state index in [1.165, 1.54) is 4.90 Å². The SMILES string of the molecule is CC(C)(C)OC(=O)N1CCCCC1COC(F)F. The van der Waals surface area contributed by atoms with Crippen LogP contribution in [0.15, 0.2) is 0 Å². The van der Waals surface area contributed by atoms with Crippen molar-refractivity contribution in [1.29, 1.82) is 0 Å². The summed E-state index contributed by atoms with van der Waals surface area (Å²) < 4.78 is 33.6. The molecule has 6 heteroatoms. The van der Waals surface area contributed by atoms with E-state index in [2.05, 4.69) is 4.74 Å². The summed E-state index contributed by atoms with van der Waals surface area (Å²) in [5.41, 5.74) is -0.581. The van der Waals surface area contributed by atoms with Crippen molar-refractivity contribution in [3.8, 4) is 0 Å². The van der Waals surface area contributed by atoms with Crippen molar-refractivity contribution in [2.75, 3.05) is 13.2 Å². The largest absolute Gasteiger partial charge is 0.444 e. The van der Waals surface area contributed by atoms with E-state index in [4.69, 9.17) is 4.74 Å². The van der Waals surface area contributed by atoms with Gasteiger partial charge < -0.3 is 14.4 Å². The van der Waals surface area contributed by atoms with E-state index in [0.717, 1.165) is 12.8 Å². The van der Waals surface area contributed by atoms with E-state index in [1.807, 2.05) is 0 Å². The van der Waals surface area contributed by atoms with Crippen molar-refractivity contribution < 1.29 is 23.0 Å². The third kappa shape index (κ3) is 5.16. The third-order valence-corrected chi connectivity index (χ3v) is 2.67. The van der Waals surface area contributed by atoms with Crippen LogP contribution in [-0.4, -0.2) is 42.4 Å². The van der Waals surface area contributed by atoms with E-state index < -0.39 is 18.3 Å². The molecule has 1 unspecified atom stereocenters. The van der Waals surface area contributed by atoms with Crippen LogP contribution in [0.25, 0.3) is 0 Å². The fraction of sp³-hybridized carbons (Fsp3) is 0.917. The first-order chi connectivity index (χ1) is 8.29. The van der Waals surface area contributed by atoms with Gasteiger partial charge in [-0.25, -0.2) is 4.79 Å². The number of hydrogen-bond acceptors (Lipinski definition) is 3. The molecule has 0 radical (unpaired) electrons. The number of carbonyl (C=O) groups is 1. The van der Waals surface area contributed by atoms with Crippen molar-refractivity contribution in [3.05, 3.63) is 0 Å². The van der Waals surface area contributed by atoms with Gasteiger partial charge in [-0.1, -0.05) is 0 Å². The first-order valence-electron chi connectivity index (χ1n) is 6.19. The number of ether oxygens (including phenoxy) is 2. The molecular formula is C12H21F2NO3. The zero-order chi connectivity index (χ0) is 13.8. The highest BCUT2D eigenvalue weighted by atomic mass is 19.3. The molecule has 0 spiro atoms. The lowest BCUT2D eigenvalue weighted by molar-refractivity contribution is -0.143. The van der Waals surface area contributed by atoms with Gasteiger partial charge in [0.15, 0.2) is 0 Å². The molecule has 0 aromatic rings. The van der Waals surface area contributed by atoms with Gasteiger partial charge >= 0.3 is 12.7 Å². The Labute approximate surface area is 106 Å². The predicted octanol–water partition coefficient (Wildman–Crippen LogP) is 3.02. The maximum absolute atomic E-state index is 12.0. The summed E-state index contributed by atoms with van der Waals surface area (Å²) in [4.78, 5) is 13.4. The molecule has 1 aliphatic rings. The Morgan fingerprint density at radius 2 is 2.06 bits per heavy atom. The normalized spacial score (nSPS) is 21.2. The Bertz CT molecular complexity index is 279. The molecule has 0 N–H and O–H groups in total. The van der Waals surface area contributed by atoms with Gasteiger partial charge in [0.2, 0.25) is 0 Å². The van der Waals surface area contributed by atoms with E-state index in [-0.39, 0.29) is 12.6 Å². The maximum atomic E-state index is 12.0. The van der Waals surface area contributed by atoms with Gasteiger partial charge in [0, 0.05) is 6.54 Å². The smallest absolute Gasteiger partial charge is 0.410 e. The van der Waals surface area contributed by atoms with Crippen LogP contribution < -0.4 is 0 Å². The van der Waals surface area contributed by atoms with Crippen molar-refractivity contribution in [1.82, 2.24) is 4.90 Å². The minimum atomic E-state index is -2.80. The van der Waals surface area contributed by atoms with Crippen LogP contribution in [0.2, 0.25) is 0 Å². The monoisotopic (exact) mass is 265 g/mol. The average molecular weight is 265 g/mol. The van der Waals surface area contributed by atoms with Crippen molar-refractivity contribution in [2.45, 2.75) is 58.3 Å². The minimum absolute atomic E-state index is 0.142. The Balaban J connectivity index is 2.55. The molecular weight excluding hydrogens is 244 g/mol. The lowest BCUT2D eigenvalue weighted by Crippen LogP contribution is -2.48. The molecule has 18 heavy (non-hydrogen) atoms. The fourth-order valence-corrected chi connectivity index (χ4v) is 1.92. The molecule has 1 saturated heterocycles.